The van der Waals surface area contributed by atoms with Crippen molar-refractivity contribution < 1.29 is 0 Å². The lowest BCUT2D eigenvalue weighted by Gasteiger charge is -2.28. The predicted molar refractivity (Wildman–Crippen MR) is 59.0 cm³/mol. The smallest absolute Gasteiger partial charge is 0.0386 e. The molecule has 1 saturated carbocycles. The van der Waals surface area contributed by atoms with Crippen LogP contribution in [0.1, 0.15) is 58.8 Å². The van der Waals surface area contributed by atoms with Crippen molar-refractivity contribution in [3.63, 3.8) is 0 Å². The van der Waals surface area contributed by atoms with E-state index in [0.29, 0.717) is 0 Å². The molecule has 1 aliphatic carbocycles. The number of nitrogens with two attached hydrogens (primary N) is 2. The number of hydrogen-bond donors (Lipinski definition) is 2. The van der Waals surface area contributed by atoms with Gasteiger partial charge in [-0.3, -0.25) is 11.7 Å². The minimum absolute atomic E-state index is 1.04. The molecule has 13 heavy (non-hydrogen) atoms. The Morgan fingerprint density at radius 3 is 1.85 bits per heavy atom. The lowest BCUT2D eigenvalue weighted by molar-refractivity contribution is 0.236. The summed E-state index contributed by atoms with van der Waals surface area (Å²) in [6.45, 7) is 4.70. The van der Waals surface area contributed by atoms with Gasteiger partial charge in [-0.2, -0.15) is 0 Å². The van der Waals surface area contributed by atoms with Gasteiger partial charge in [0.25, 0.3) is 0 Å². The molecule has 0 spiro atoms. The van der Waals surface area contributed by atoms with Crippen LogP contribution in [0.2, 0.25) is 0 Å². The van der Waals surface area contributed by atoms with Crippen LogP contribution in [0.3, 0.4) is 0 Å². The Bertz CT molecular complexity index is 94.3. The van der Waals surface area contributed by atoms with Crippen molar-refractivity contribution in [3.05, 3.63) is 0 Å². The van der Waals surface area contributed by atoms with E-state index in [9.17, 15) is 0 Å². The third-order valence-corrected chi connectivity index (χ3v) is 3.37. The molecule has 0 aromatic carbocycles. The van der Waals surface area contributed by atoms with Crippen molar-refractivity contribution in [1.29, 1.82) is 0 Å². The van der Waals surface area contributed by atoms with Gasteiger partial charge in [0.15, 0.2) is 0 Å². The second-order valence-corrected chi connectivity index (χ2v) is 3.97. The van der Waals surface area contributed by atoms with E-state index in [-0.39, 0.29) is 0 Å². The molecule has 0 heterocycles. The highest BCUT2D eigenvalue weighted by Gasteiger charge is 2.20. The zero-order valence-corrected chi connectivity index (χ0v) is 9.26. The zero-order valence-electron chi connectivity index (χ0n) is 9.26. The van der Waals surface area contributed by atoms with E-state index in [0.717, 1.165) is 11.8 Å². The van der Waals surface area contributed by atoms with Crippen LogP contribution >= 0.6 is 0 Å². The van der Waals surface area contributed by atoms with Crippen LogP contribution in [-0.4, -0.2) is 0 Å². The van der Waals surface area contributed by atoms with E-state index in [1.165, 1.54) is 44.9 Å². The van der Waals surface area contributed by atoms with Crippen LogP contribution in [0.25, 0.3) is 0 Å². The van der Waals surface area contributed by atoms with Crippen LogP contribution in [0.5, 0.6) is 0 Å². The fourth-order valence-corrected chi connectivity index (χ4v) is 2.56. The van der Waals surface area contributed by atoms with Gasteiger partial charge in [0, 0.05) is 0 Å². The third-order valence-electron chi connectivity index (χ3n) is 3.37. The van der Waals surface area contributed by atoms with Crippen molar-refractivity contribution in [2.45, 2.75) is 58.8 Å². The second kappa shape index (κ2) is 8.52. The molecule has 0 saturated heterocycles. The fourth-order valence-electron chi connectivity index (χ4n) is 2.56. The lowest BCUT2D eigenvalue weighted by atomic mass is 9.78. The summed E-state index contributed by atoms with van der Waals surface area (Å²) in [6.07, 6.45) is 10.3. The van der Waals surface area contributed by atoms with E-state index in [4.69, 9.17) is 0 Å². The minimum Gasteiger partial charge on any atom is -0.274 e. The van der Waals surface area contributed by atoms with Gasteiger partial charge in [0.05, 0.1) is 0 Å². The summed E-state index contributed by atoms with van der Waals surface area (Å²) in [4.78, 5) is 0. The van der Waals surface area contributed by atoms with Crippen LogP contribution in [0.4, 0.5) is 0 Å². The van der Waals surface area contributed by atoms with Crippen molar-refractivity contribution in [2.24, 2.45) is 23.5 Å². The van der Waals surface area contributed by atoms with Gasteiger partial charge in [-0.1, -0.05) is 58.8 Å². The van der Waals surface area contributed by atoms with E-state index in [1.807, 2.05) is 0 Å². The summed E-state index contributed by atoms with van der Waals surface area (Å²) in [5.41, 5.74) is 0. The second-order valence-electron chi connectivity index (χ2n) is 3.97. The molecule has 80 valence electrons. The minimum atomic E-state index is 1.04. The summed E-state index contributed by atoms with van der Waals surface area (Å²) in [7, 11) is 0. The highest BCUT2D eigenvalue weighted by molar-refractivity contribution is 4.71. The fraction of sp³-hybridized carbons (Fsp3) is 1.00. The molecular formula is C11H26N2. The summed E-state index contributed by atoms with van der Waals surface area (Å²) in [5.74, 6) is 10.1. The number of rotatable bonds is 3. The van der Waals surface area contributed by atoms with Gasteiger partial charge in [-0.25, -0.2) is 0 Å². The molecule has 1 aliphatic rings. The average molecular weight is 186 g/mol. The Hall–Kier alpha value is -0.0800. The number of hydrogen-bond acceptors (Lipinski definition) is 2. The van der Waals surface area contributed by atoms with Crippen molar-refractivity contribution in [2.75, 3.05) is 0 Å². The highest BCUT2D eigenvalue weighted by atomic mass is 15.0. The molecule has 2 nitrogen and oxygen atoms in total. The van der Waals surface area contributed by atoms with Crippen LogP contribution in [-0.2, 0) is 0 Å². The maximum Gasteiger partial charge on any atom is -0.0386 e. The summed E-state index contributed by atoms with van der Waals surface area (Å²) in [5, 5.41) is 0. The maximum absolute atomic E-state index is 4.00. The first kappa shape index (κ1) is 12.9. The Balaban J connectivity index is 0.000000671. The van der Waals surface area contributed by atoms with E-state index >= 15 is 0 Å². The van der Waals surface area contributed by atoms with Gasteiger partial charge in [-0.15, -0.1) is 0 Å². The predicted octanol–water partition coefficient (Wildman–Crippen LogP) is 2.82. The highest BCUT2D eigenvalue weighted by Crippen LogP contribution is 2.33. The average Bonchev–Trinajstić information content (AvgIpc) is 2.24. The SMILES string of the molecule is CCC(CC)C1CCCCC1.NN. The van der Waals surface area contributed by atoms with Gasteiger partial charge in [0.2, 0.25) is 0 Å². The van der Waals surface area contributed by atoms with Crippen molar-refractivity contribution in [3.8, 4) is 0 Å². The quantitative estimate of drug-likeness (QED) is 0.526. The molecule has 1 fully saturated rings. The molecule has 0 unspecified atom stereocenters. The Morgan fingerprint density at radius 1 is 1.00 bits per heavy atom. The summed E-state index contributed by atoms with van der Waals surface area (Å²) < 4.78 is 0. The van der Waals surface area contributed by atoms with Crippen LogP contribution in [0, 0.1) is 11.8 Å². The zero-order chi connectivity index (χ0) is 10.1. The summed E-state index contributed by atoms with van der Waals surface area (Å²) >= 11 is 0. The Morgan fingerprint density at radius 2 is 1.46 bits per heavy atom. The van der Waals surface area contributed by atoms with E-state index < -0.39 is 0 Å². The Labute approximate surface area is 83.0 Å². The van der Waals surface area contributed by atoms with Crippen LogP contribution < -0.4 is 11.7 Å². The van der Waals surface area contributed by atoms with Gasteiger partial charge in [-0.05, 0) is 11.8 Å². The van der Waals surface area contributed by atoms with Crippen molar-refractivity contribution in [1.82, 2.24) is 0 Å². The van der Waals surface area contributed by atoms with E-state index in [1.54, 1.807) is 0 Å². The monoisotopic (exact) mass is 186 g/mol. The molecule has 0 atom stereocenters. The first-order chi connectivity index (χ1) is 6.38. The molecule has 0 aromatic rings. The Kier molecular flexibility index (Phi) is 8.46. The summed E-state index contributed by atoms with van der Waals surface area (Å²) in [6, 6.07) is 0. The molecular weight excluding hydrogens is 160 g/mol. The molecule has 0 radical (unpaired) electrons. The van der Waals surface area contributed by atoms with Gasteiger partial charge in [0.1, 0.15) is 0 Å². The lowest BCUT2D eigenvalue weighted by Crippen LogP contribution is -2.16. The first-order valence-corrected chi connectivity index (χ1v) is 5.71. The molecule has 0 amide bonds. The molecule has 1 rings (SSSR count). The number of hydrazine groups is 1. The maximum atomic E-state index is 4.00. The normalized spacial score (nSPS) is 18.2. The topological polar surface area (TPSA) is 52.0 Å². The van der Waals surface area contributed by atoms with Crippen LogP contribution in [0.15, 0.2) is 0 Å². The molecule has 0 aliphatic heterocycles. The van der Waals surface area contributed by atoms with Gasteiger partial charge < -0.3 is 0 Å². The molecule has 4 N–H and O–H groups in total. The van der Waals surface area contributed by atoms with Gasteiger partial charge >= 0.3 is 0 Å². The third kappa shape index (κ3) is 4.63. The molecule has 0 bridgehead atoms. The largest absolute Gasteiger partial charge is 0.274 e. The van der Waals surface area contributed by atoms with E-state index in [2.05, 4.69) is 25.5 Å². The first-order valence-electron chi connectivity index (χ1n) is 5.71. The standard InChI is InChI=1S/C11H22.H4N2/c1-3-10(4-2)11-8-6-5-7-9-11;1-2/h10-11H,3-9H2,1-2H3;1-2H2. The molecule has 0 aromatic heterocycles. The van der Waals surface area contributed by atoms with Crippen molar-refractivity contribution >= 4 is 0 Å². The molecule has 2 heteroatoms.